The van der Waals surface area contributed by atoms with Crippen LogP contribution in [-0.4, -0.2) is 74.6 Å². The topological polar surface area (TPSA) is 114 Å². The van der Waals surface area contributed by atoms with Crippen LogP contribution in [-0.2, 0) is 5.41 Å². The third kappa shape index (κ3) is 7.72. The van der Waals surface area contributed by atoms with E-state index in [9.17, 15) is 4.79 Å². The van der Waals surface area contributed by atoms with Gasteiger partial charge in [-0.15, -0.1) is 10.2 Å². The number of benzene rings is 2. The first-order valence-electron chi connectivity index (χ1n) is 19.3. The molecule has 12 nitrogen and oxygen atoms in total. The molecule has 3 atom stereocenters. The van der Waals surface area contributed by atoms with Crippen LogP contribution in [0.25, 0.3) is 11.3 Å². The van der Waals surface area contributed by atoms with Gasteiger partial charge in [0.05, 0.1) is 28.6 Å². The molecule has 5 aromatic rings. The number of hydrogen-bond acceptors (Lipinski definition) is 8. The largest absolute Gasteiger partial charge is 0.487 e. The molecular weight excluding hydrogens is 702 g/mol. The second-order valence-corrected chi connectivity index (χ2v) is 16.3. The molecule has 0 spiro atoms. The highest BCUT2D eigenvalue weighted by molar-refractivity contribution is 6.32. The zero-order valence-electron chi connectivity index (χ0n) is 31.6. The van der Waals surface area contributed by atoms with Crippen molar-refractivity contribution in [2.45, 2.75) is 89.4 Å². The fraction of sp³-hybridized carbons (Fsp3) is 0.463. The van der Waals surface area contributed by atoms with Crippen LogP contribution in [0.15, 0.2) is 66.9 Å². The first kappa shape index (κ1) is 36.2. The third-order valence-electron chi connectivity index (χ3n) is 10.8. The second kappa shape index (κ2) is 15.1. The van der Waals surface area contributed by atoms with E-state index in [0.717, 1.165) is 98.1 Å². The number of likely N-dealkylation sites (N-methyl/N-ethyl adjacent to an activating group) is 1. The normalized spacial score (nSPS) is 20.8. The standard InChI is InChI=1S/C41H50ClN9O3/c1-41(2,3)36-24-38(51(47-36)27-14-16-32(42)35(23-27)54-28-11-10-20-48(4)25-28)44-39(52)43-33-17-18-34(31-13-7-6-12-30(31)33)53-29-15-19-37-45-46-40(50(37)26-29)49-21-8-5-9-22-49/h6-7,12-16,19,23-24,26,28,33-34H,5,8-11,17-18,20-22,25H2,1-4H3,(H2,43,44,52)/t28-,33+,34-/m1/s1. The van der Waals surface area contributed by atoms with Crippen molar-refractivity contribution in [3.8, 4) is 17.2 Å². The number of fused-ring (bicyclic) bond motifs is 2. The Bertz CT molecular complexity index is 2120. The number of nitrogens with zero attached hydrogens (tertiary/aromatic N) is 7. The highest BCUT2D eigenvalue weighted by Crippen LogP contribution is 2.39. The Morgan fingerprint density at radius 1 is 0.889 bits per heavy atom. The molecular formula is C41H50ClN9O3. The highest BCUT2D eigenvalue weighted by atomic mass is 35.5. The molecule has 3 aromatic heterocycles. The lowest BCUT2D eigenvalue weighted by molar-refractivity contribution is 0.104. The molecule has 2 aliphatic heterocycles. The minimum absolute atomic E-state index is 0.0565. The van der Waals surface area contributed by atoms with E-state index < -0.39 is 0 Å². The molecule has 0 radical (unpaired) electrons. The maximum atomic E-state index is 13.8. The SMILES string of the molecule is CN1CCC[C@@H](Oc2cc(-n3nc(C(C)(C)C)cc3NC(=O)N[C@H]3CC[C@@H](Oc4ccc5nnc(N6CCCCC6)n5c4)c4ccccc43)ccc2Cl)C1. The Morgan fingerprint density at radius 2 is 1.70 bits per heavy atom. The first-order valence-corrected chi connectivity index (χ1v) is 19.7. The Labute approximate surface area is 321 Å². The van der Waals surface area contributed by atoms with Gasteiger partial charge in [-0.1, -0.05) is 56.6 Å². The number of likely N-dealkylation sites (tertiary alicyclic amines) is 1. The van der Waals surface area contributed by atoms with Gasteiger partial charge in [-0.3, -0.25) is 9.72 Å². The summed E-state index contributed by atoms with van der Waals surface area (Å²) in [6, 6.07) is 19.2. The predicted octanol–water partition coefficient (Wildman–Crippen LogP) is 8.11. The van der Waals surface area contributed by atoms with Crippen LogP contribution < -0.4 is 25.0 Å². The van der Waals surface area contributed by atoms with E-state index in [-0.39, 0.29) is 29.7 Å². The van der Waals surface area contributed by atoms with E-state index in [2.05, 4.69) is 70.6 Å². The fourth-order valence-electron chi connectivity index (χ4n) is 7.88. The van der Waals surface area contributed by atoms with E-state index in [1.165, 1.54) is 6.42 Å². The zero-order valence-corrected chi connectivity index (χ0v) is 32.4. The van der Waals surface area contributed by atoms with Crippen LogP contribution in [0, 0.1) is 0 Å². The third-order valence-corrected chi connectivity index (χ3v) is 11.1. The van der Waals surface area contributed by atoms with Gasteiger partial charge in [0.2, 0.25) is 5.95 Å². The van der Waals surface area contributed by atoms with Crippen LogP contribution in [0.4, 0.5) is 16.6 Å². The van der Waals surface area contributed by atoms with Gasteiger partial charge in [0, 0.05) is 37.2 Å². The maximum Gasteiger partial charge on any atom is 0.320 e. The van der Waals surface area contributed by atoms with Crippen molar-refractivity contribution in [2.75, 3.05) is 43.4 Å². The summed E-state index contributed by atoms with van der Waals surface area (Å²) < 4.78 is 16.9. The zero-order chi connectivity index (χ0) is 37.4. The van der Waals surface area contributed by atoms with Gasteiger partial charge in [-0.05, 0) is 93.9 Å². The number of anilines is 2. The van der Waals surface area contributed by atoms with Crippen LogP contribution in [0.2, 0.25) is 5.02 Å². The minimum atomic E-state index is -0.310. The molecule has 2 aromatic carbocycles. The number of piperidine rings is 2. The van der Waals surface area contributed by atoms with Crippen LogP contribution in [0.1, 0.15) is 94.7 Å². The number of rotatable bonds is 8. The Kier molecular flexibility index (Phi) is 10.1. The van der Waals surface area contributed by atoms with Gasteiger partial charge < -0.3 is 24.6 Å². The lowest BCUT2D eigenvalue weighted by Gasteiger charge is -2.32. The number of carbonyl (C=O) groups excluding carboxylic acids is 1. The van der Waals surface area contributed by atoms with Crippen molar-refractivity contribution in [1.82, 2.24) is 34.6 Å². The number of pyridine rings is 1. The number of nitrogens with one attached hydrogen (secondary N) is 2. The highest BCUT2D eigenvalue weighted by Gasteiger charge is 2.31. The van der Waals surface area contributed by atoms with Crippen molar-refractivity contribution in [2.24, 2.45) is 0 Å². The molecule has 54 heavy (non-hydrogen) atoms. The molecule has 0 unspecified atom stereocenters. The number of halogens is 1. The van der Waals surface area contributed by atoms with Crippen LogP contribution in [0.5, 0.6) is 11.5 Å². The van der Waals surface area contributed by atoms with E-state index in [0.29, 0.717) is 23.0 Å². The van der Waals surface area contributed by atoms with Crippen molar-refractivity contribution in [1.29, 1.82) is 0 Å². The molecule has 5 heterocycles. The van der Waals surface area contributed by atoms with Crippen molar-refractivity contribution < 1.29 is 14.3 Å². The molecule has 13 heteroatoms. The predicted molar refractivity (Wildman–Crippen MR) is 211 cm³/mol. The molecule has 2 N–H and O–H groups in total. The van der Waals surface area contributed by atoms with Gasteiger partial charge in [-0.2, -0.15) is 5.10 Å². The van der Waals surface area contributed by atoms with E-state index in [4.69, 9.17) is 26.2 Å². The fourth-order valence-corrected chi connectivity index (χ4v) is 8.04. The van der Waals surface area contributed by atoms with E-state index >= 15 is 0 Å². The molecule has 2 fully saturated rings. The molecule has 284 valence electrons. The molecule has 8 rings (SSSR count). The summed E-state index contributed by atoms with van der Waals surface area (Å²) in [4.78, 5) is 18.4. The first-order chi connectivity index (χ1) is 26.1. The summed E-state index contributed by atoms with van der Waals surface area (Å²) in [6.07, 6.45) is 8.97. The van der Waals surface area contributed by atoms with Gasteiger partial charge in [0.1, 0.15) is 29.5 Å². The summed E-state index contributed by atoms with van der Waals surface area (Å²) in [5.41, 5.74) is 4.25. The monoisotopic (exact) mass is 751 g/mol. The summed E-state index contributed by atoms with van der Waals surface area (Å²) in [6.45, 7) is 10.2. The smallest absolute Gasteiger partial charge is 0.320 e. The average molecular weight is 752 g/mol. The summed E-state index contributed by atoms with van der Waals surface area (Å²) in [5, 5.41) is 20.8. The van der Waals surface area contributed by atoms with Gasteiger partial charge in [0.15, 0.2) is 5.65 Å². The average Bonchev–Trinajstić information content (AvgIpc) is 3.79. The number of hydrogen-bond donors (Lipinski definition) is 2. The van der Waals surface area contributed by atoms with Crippen molar-refractivity contribution in [3.05, 3.63) is 88.7 Å². The Balaban J connectivity index is 0.992. The molecule has 0 saturated carbocycles. The van der Waals surface area contributed by atoms with Gasteiger partial charge in [-0.25, -0.2) is 9.48 Å². The minimum Gasteiger partial charge on any atom is -0.487 e. The van der Waals surface area contributed by atoms with E-state index in [1.807, 2.05) is 59.1 Å². The molecule has 3 aliphatic rings. The summed E-state index contributed by atoms with van der Waals surface area (Å²) in [7, 11) is 2.11. The van der Waals surface area contributed by atoms with Crippen LogP contribution in [0.3, 0.4) is 0 Å². The second-order valence-electron chi connectivity index (χ2n) is 15.9. The molecule has 0 bridgehead atoms. The number of carbonyl (C=O) groups is 1. The lowest BCUT2D eigenvalue weighted by atomic mass is 9.85. The summed E-state index contributed by atoms with van der Waals surface area (Å²) in [5.74, 6) is 2.79. The quantitative estimate of drug-likeness (QED) is 0.164. The Hall–Kier alpha value is -4.81. The van der Waals surface area contributed by atoms with E-state index in [1.54, 1.807) is 4.68 Å². The number of aromatic nitrogens is 5. The number of ether oxygens (including phenoxy) is 2. The molecule has 2 saturated heterocycles. The van der Waals surface area contributed by atoms with Crippen molar-refractivity contribution in [3.63, 3.8) is 0 Å². The van der Waals surface area contributed by atoms with Gasteiger partial charge >= 0.3 is 6.03 Å². The van der Waals surface area contributed by atoms with Crippen molar-refractivity contribution >= 4 is 35.0 Å². The molecule has 2 amide bonds. The van der Waals surface area contributed by atoms with Crippen LogP contribution >= 0.6 is 11.6 Å². The lowest BCUT2D eigenvalue weighted by Crippen LogP contribution is -2.38. The van der Waals surface area contributed by atoms with Gasteiger partial charge in [0.25, 0.3) is 0 Å². The molecule has 1 aliphatic carbocycles. The Morgan fingerprint density at radius 3 is 2.50 bits per heavy atom. The maximum absolute atomic E-state index is 13.8. The number of amides is 2. The summed E-state index contributed by atoms with van der Waals surface area (Å²) >= 11 is 6.64. The number of urea groups is 1.